The van der Waals surface area contributed by atoms with E-state index in [0.29, 0.717) is 87.6 Å². The average molecular weight is 1310 g/mol. The Balaban J connectivity index is 0.000000226. The van der Waals surface area contributed by atoms with Crippen molar-refractivity contribution in [1.82, 2.24) is 29.1 Å². The molecule has 2 fully saturated rings. The lowest BCUT2D eigenvalue weighted by Gasteiger charge is -2.27. The summed E-state index contributed by atoms with van der Waals surface area (Å²) in [5.74, 6) is -0.834. The molecule has 4 N–H and O–H groups in total. The summed E-state index contributed by atoms with van der Waals surface area (Å²) in [5, 5.41) is 10.2. The second kappa shape index (κ2) is 29.7. The quantitative estimate of drug-likeness (QED) is 0.0940. The van der Waals surface area contributed by atoms with E-state index in [1.54, 1.807) is 58.9 Å². The van der Waals surface area contributed by atoms with Gasteiger partial charge < -0.3 is 30.7 Å². The van der Waals surface area contributed by atoms with Gasteiger partial charge in [-0.2, -0.15) is 10.2 Å². The number of aromatic nitrogens is 4. The van der Waals surface area contributed by atoms with Crippen molar-refractivity contribution in [3.63, 3.8) is 0 Å². The molecule has 2 aromatic heterocycles. The number of halogens is 5. The van der Waals surface area contributed by atoms with Crippen LogP contribution in [-0.2, 0) is 23.9 Å². The number of amides is 4. The number of nitrogens with zero attached hydrogens (tertiary/aromatic N) is 12. The van der Waals surface area contributed by atoms with Crippen LogP contribution in [0.2, 0.25) is 0 Å². The van der Waals surface area contributed by atoms with Gasteiger partial charge in [-0.1, -0.05) is 81.6 Å². The second-order valence-corrected chi connectivity index (χ2v) is 25.7. The Morgan fingerprint density at radius 2 is 1.19 bits per heavy atom. The normalized spacial score (nSPS) is 17.0. The molecule has 6 heterocycles. The van der Waals surface area contributed by atoms with Crippen LogP contribution in [0.4, 0.5) is 45.9 Å². The van der Waals surface area contributed by atoms with Crippen molar-refractivity contribution in [3.8, 4) is 0 Å². The largest absolute Gasteiger partial charge is 0.444 e. The molecule has 4 aromatic rings. The molecule has 0 unspecified atom stereocenters. The van der Waals surface area contributed by atoms with Crippen LogP contribution < -0.4 is 31.1 Å². The van der Waals surface area contributed by atoms with Crippen molar-refractivity contribution < 1.29 is 47.0 Å². The smallest absolute Gasteiger partial charge is 0.414 e. The molecule has 0 bridgehead atoms. The first-order chi connectivity index (χ1) is 33.7. The molecule has 70 heavy (non-hydrogen) atoms. The van der Waals surface area contributed by atoms with E-state index in [1.165, 1.54) is 66.4 Å². The van der Waals surface area contributed by atoms with E-state index in [4.69, 9.17) is 20.9 Å². The Kier molecular flexibility index (Phi) is 24.3. The molecule has 2 aromatic carbocycles. The third-order valence-corrected chi connectivity index (χ3v) is 9.90. The predicted molar refractivity (Wildman–Crippen MR) is 285 cm³/mol. The third kappa shape index (κ3) is 17.5. The summed E-state index contributed by atoms with van der Waals surface area (Å²) in [6, 6.07) is 8.78. The molecule has 4 aliphatic rings. The van der Waals surface area contributed by atoms with Crippen molar-refractivity contribution in [1.29, 1.82) is 0 Å². The molecule has 378 valence electrons. The molecular weight excluding hydrogens is 1260 g/mol. The molecule has 22 nitrogen and oxygen atoms in total. The molecular formula is C43H53F2I3N14O8. The van der Waals surface area contributed by atoms with Crippen molar-refractivity contribution >= 4 is 140 Å². The zero-order chi connectivity index (χ0) is 51.2. The van der Waals surface area contributed by atoms with Gasteiger partial charge in [0.25, 0.3) is 0 Å². The number of ether oxygens (including phenoxy) is 2. The van der Waals surface area contributed by atoms with Gasteiger partial charge in [-0.3, -0.25) is 33.3 Å². The summed E-state index contributed by atoms with van der Waals surface area (Å²) < 4.78 is 42.9. The number of anilines is 4. The molecule has 4 aliphatic heterocycles. The Morgan fingerprint density at radius 3 is 1.53 bits per heavy atom. The number of nitrogens with two attached hydrogens (primary N) is 2. The van der Waals surface area contributed by atoms with Gasteiger partial charge in [0.05, 0.1) is 48.9 Å². The van der Waals surface area contributed by atoms with Crippen LogP contribution in [-0.4, -0.2) is 143 Å². The summed E-state index contributed by atoms with van der Waals surface area (Å²) in [7, 11) is 0. The van der Waals surface area contributed by atoms with Crippen LogP contribution >= 0.6 is 67.8 Å². The number of ketones is 1. The lowest BCUT2D eigenvalue weighted by atomic mass is 10.1. The highest BCUT2D eigenvalue weighted by molar-refractivity contribution is 14.3. The Morgan fingerprint density at radius 1 is 0.743 bits per heavy atom. The maximum Gasteiger partial charge on any atom is 0.414 e. The highest BCUT2D eigenvalue weighted by atomic mass is 127. The second-order valence-electron chi connectivity index (χ2n) is 14.8. The molecule has 8 rings (SSSR count). The van der Waals surface area contributed by atoms with Gasteiger partial charge >= 0.3 is 18.2 Å². The topological polar surface area (TPSA) is 253 Å². The number of imidazole rings is 2. The van der Waals surface area contributed by atoms with Crippen molar-refractivity contribution in [2.45, 2.75) is 51.7 Å². The van der Waals surface area contributed by atoms with Gasteiger partial charge in [0.15, 0.2) is 0 Å². The molecule has 0 aliphatic carbocycles. The van der Waals surface area contributed by atoms with Crippen molar-refractivity contribution in [2.75, 3.05) is 72.0 Å². The highest BCUT2D eigenvalue weighted by Gasteiger charge is 2.34. The van der Waals surface area contributed by atoms with E-state index in [-0.39, 0.29) is 37.1 Å². The van der Waals surface area contributed by atoms with Crippen molar-refractivity contribution in [2.24, 2.45) is 21.7 Å². The number of cyclic esters (lactones) is 2. The zero-order valence-corrected chi connectivity index (χ0v) is 44.6. The number of carbonyl (C=O) groups is 6. The maximum atomic E-state index is 14.6. The fourth-order valence-electron chi connectivity index (χ4n) is 6.57. The summed E-state index contributed by atoms with van der Waals surface area (Å²) in [6.07, 6.45) is 13.5. The number of hydrogen-bond donors (Lipinski definition) is 2. The molecule has 0 radical (unpaired) electrons. The first-order valence-electron chi connectivity index (χ1n) is 21.6. The van der Waals surface area contributed by atoms with E-state index in [1.807, 2.05) is 13.8 Å². The first-order valence-corrected chi connectivity index (χ1v) is 25.4. The van der Waals surface area contributed by atoms with E-state index in [9.17, 15) is 37.5 Å². The number of benzene rings is 2. The molecule has 0 spiro atoms. The molecule has 2 saturated heterocycles. The lowest BCUT2D eigenvalue weighted by molar-refractivity contribution is -0.120. The number of alkyl halides is 3. The Hall–Kier alpha value is -5.41. The Labute approximate surface area is 443 Å². The van der Waals surface area contributed by atoms with E-state index < -0.39 is 23.8 Å². The molecule has 4 amide bonds. The minimum Gasteiger partial charge on any atom is -0.444 e. The fraction of sp³-hybridized carbons (Fsp3) is 0.395. The van der Waals surface area contributed by atoms with Gasteiger partial charge in [0.2, 0.25) is 12.8 Å². The standard InChI is InChI=1S/C19H23FN4O4.C14H16FN5O3.C7H6N4O.C2H7N.CHI3/c1-2-3-15(26)5-6-16-11-24(19(27)28-16)14-4-7-18(17(20)10-14)22-8-9-23(13-25)21-12-22;15-12-5-10(20-7-11(6-16)23-14(20)22)1-2-13(12)18-3-4-19(9-21)17-8-18;12-7(10-3-1-8-5-10)11-4-2-9-6-11;1-2-3;2-1(3)4/h4,7,10,12-13,16H,2-3,5-6,8-9,11H2,1H3;1-2,5,8-9,11H,3-4,6-7,16H2;1-6H;2-3H2,1H3;1H/t16-;11-;;;/m00.../s1. The van der Waals surface area contributed by atoms with Crippen LogP contribution in [0.25, 0.3) is 0 Å². The molecule has 27 heteroatoms. The molecule has 2 atom stereocenters. The number of carbonyl (C=O) groups excluding carboxylic acids is 6. The SMILES string of the molecule is CCCC(=O)CC[C@H]1CN(c2ccc(N3C=NN(C=O)CC3)c(F)c2)C(=O)O1.CCN.IC(I)I.NC[C@H]1CN(c2ccc(N3C=NN(C=O)CC3)c(F)c2)C(=O)O1.O=C(n1ccnc1)n1ccnc1. The number of hydrazone groups is 2. The van der Waals surface area contributed by atoms with Gasteiger partial charge in [-0.05, 0) is 55.8 Å². The van der Waals surface area contributed by atoms with E-state index >= 15 is 0 Å². The van der Waals surface area contributed by atoms with E-state index in [2.05, 4.69) is 87.9 Å². The summed E-state index contributed by atoms with van der Waals surface area (Å²) >= 11 is 6.95. The van der Waals surface area contributed by atoms with Gasteiger partial charge in [-0.15, -0.1) is 0 Å². The monoisotopic (exact) mass is 1310 g/mol. The van der Waals surface area contributed by atoms with Gasteiger partial charge in [0, 0.05) is 57.3 Å². The van der Waals surface area contributed by atoms with Crippen LogP contribution in [0.5, 0.6) is 0 Å². The maximum absolute atomic E-state index is 14.6. The minimum atomic E-state index is -0.541. The predicted octanol–water partition coefficient (Wildman–Crippen LogP) is 5.99. The van der Waals surface area contributed by atoms with Crippen LogP contribution in [0.3, 0.4) is 0 Å². The molecule has 0 saturated carbocycles. The fourth-order valence-corrected chi connectivity index (χ4v) is 6.57. The highest BCUT2D eigenvalue weighted by Crippen LogP contribution is 2.30. The first kappa shape index (κ1) is 57.2. The Bertz CT molecular complexity index is 2350. The third-order valence-electron chi connectivity index (χ3n) is 9.90. The summed E-state index contributed by atoms with van der Waals surface area (Å²) in [6.45, 7) is 6.99. The van der Waals surface area contributed by atoms with E-state index in [0.717, 1.165) is 12.9 Å². The minimum absolute atomic E-state index is 0.156. The summed E-state index contributed by atoms with van der Waals surface area (Å²) in [5.41, 5.74) is 11.8. The van der Waals surface area contributed by atoms with Crippen molar-refractivity contribution in [3.05, 3.63) is 85.5 Å². The number of Topliss-reactive ketones (excluding diaryl/α,β-unsaturated/α-hetero) is 1. The van der Waals surface area contributed by atoms with Crippen LogP contribution in [0, 0.1) is 11.6 Å². The number of hydrogen-bond acceptors (Lipinski definition) is 16. The summed E-state index contributed by atoms with van der Waals surface area (Å²) in [4.78, 5) is 81.7. The average Bonchev–Trinajstić information content (AvgIpc) is 4.21. The van der Waals surface area contributed by atoms with Gasteiger partial charge in [-0.25, -0.2) is 43.2 Å². The number of rotatable bonds is 12. The van der Waals surface area contributed by atoms with Gasteiger partial charge in [0.1, 0.15) is 54.9 Å². The zero-order valence-electron chi connectivity index (χ0n) is 38.1. The lowest BCUT2D eigenvalue weighted by Crippen LogP contribution is -2.37. The van der Waals surface area contributed by atoms with Crippen LogP contribution in [0.1, 0.15) is 39.5 Å². The van der Waals surface area contributed by atoms with Crippen LogP contribution in [0.15, 0.2) is 84.0 Å².